The normalized spacial score (nSPS) is 15.8. The van der Waals surface area contributed by atoms with Crippen LogP contribution in [0.5, 0.6) is 0 Å². The first-order chi connectivity index (χ1) is 12.5. The first-order valence-electron chi connectivity index (χ1n) is 9.18. The lowest BCUT2D eigenvalue weighted by molar-refractivity contribution is 0.0940. The highest BCUT2D eigenvalue weighted by molar-refractivity contribution is 5.94. The van der Waals surface area contributed by atoms with E-state index in [0.717, 1.165) is 49.8 Å². The third-order valence-corrected chi connectivity index (χ3v) is 5.05. The Bertz CT molecular complexity index is 761. The molecular formula is C20H28N4O2. The molecule has 1 aliphatic heterocycles. The van der Waals surface area contributed by atoms with Crippen LogP contribution in [0.4, 0.5) is 5.69 Å². The average molecular weight is 356 g/mol. The van der Waals surface area contributed by atoms with Crippen molar-refractivity contribution in [1.82, 2.24) is 15.1 Å². The standard InChI is InChI=1S/C20H28N4O2/c1-14(13-19-15(2)22-23(4)16(19)3)21-20(25)17-5-7-18(8-6-17)24-9-11-26-12-10-24/h5-8,14H,9-13H2,1-4H3,(H,21,25)/t14-/m1/s1. The van der Waals surface area contributed by atoms with Crippen molar-refractivity contribution in [3.63, 3.8) is 0 Å². The van der Waals surface area contributed by atoms with Crippen LogP contribution in [0.2, 0.25) is 0 Å². The number of anilines is 1. The van der Waals surface area contributed by atoms with Crippen molar-refractivity contribution in [3.05, 3.63) is 46.8 Å². The molecule has 140 valence electrons. The lowest BCUT2D eigenvalue weighted by Gasteiger charge is -2.28. The van der Waals surface area contributed by atoms with E-state index in [0.29, 0.717) is 5.56 Å². The van der Waals surface area contributed by atoms with Gasteiger partial charge in [0.1, 0.15) is 0 Å². The highest BCUT2D eigenvalue weighted by Gasteiger charge is 2.16. The van der Waals surface area contributed by atoms with Crippen molar-refractivity contribution in [2.75, 3.05) is 31.2 Å². The predicted molar refractivity (Wildman–Crippen MR) is 103 cm³/mol. The minimum Gasteiger partial charge on any atom is -0.378 e. The molecule has 0 spiro atoms. The molecule has 2 aromatic rings. The number of benzene rings is 1. The van der Waals surface area contributed by atoms with E-state index in [2.05, 4.69) is 22.2 Å². The molecule has 1 aromatic heterocycles. The second kappa shape index (κ2) is 7.91. The molecule has 1 aliphatic rings. The fraction of sp³-hybridized carbons (Fsp3) is 0.500. The number of hydrogen-bond acceptors (Lipinski definition) is 4. The molecular weight excluding hydrogens is 328 g/mol. The lowest BCUT2D eigenvalue weighted by atomic mass is 10.0. The Labute approximate surface area is 155 Å². The van der Waals surface area contributed by atoms with Gasteiger partial charge in [-0.1, -0.05) is 0 Å². The maximum absolute atomic E-state index is 12.5. The number of ether oxygens (including phenoxy) is 1. The number of nitrogens with zero attached hydrogens (tertiary/aromatic N) is 3. The number of rotatable bonds is 5. The van der Waals surface area contributed by atoms with Gasteiger partial charge in [0.15, 0.2) is 0 Å². The van der Waals surface area contributed by atoms with E-state index in [1.54, 1.807) is 0 Å². The molecule has 0 bridgehead atoms. The van der Waals surface area contributed by atoms with Crippen LogP contribution in [0.1, 0.15) is 34.2 Å². The van der Waals surface area contributed by atoms with Gasteiger partial charge in [0, 0.05) is 43.1 Å². The van der Waals surface area contributed by atoms with Crippen molar-refractivity contribution in [2.24, 2.45) is 7.05 Å². The number of carbonyl (C=O) groups excluding carboxylic acids is 1. The van der Waals surface area contributed by atoms with Crippen molar-refractivity contribution in [2.45, 2.75) is 33.2 Å². The summed E-state index contributed by atoms with van der Waals surface area (Å²) in [4.78, 5) is 14.8. The van der Waals surface area contributed by atoms with Crippen LogP contribution < -0.4 is 10.2 Å². The molecule has 1 saturated heterocycles. The van der Waals surface area contributed by atoms with Gasteiger partial charge in [-0.25, -0.2) is 0 Å². The number of carbonyl (C=O) groups is 1. The largest absolute Gasteiger partial charge is 0.378 e. The van der Waals surface area contributed by atoms with Gasteiger partial charge in [0.25, 0.3) is 5.91 Å². The zero-order valence-electron chi connectivity index (χ0n) is 16.1. The van der Waals surface area contributed by atoms with E-state index in [1.807, 2.05) is 49.8 Å². The second-order valence-corrected chi connectivity index (χ2v) is 7.00. The summed E-state index contributed by atoms with van der Waals surface area (Å²) in [7, 11) is 1.95. The van der Waals surface area contributed by atoms with Gasteiger partial charge in [-0.05, 0) is 57.0 Å². The predicted octanol–water partition coefficient (Wildman–Crippen LogP) is 2.23. The zero-order valence-corrected chi connectivity index (χ0v) is 16.1. The third kappa shape index (κ3) is 4.07. The van der Waals surface area contributed by atoms with Crippen molar-refractivity contribution < 1.29 is 9.53 Å². The molecule has 1 N–H and O–H groups in total. The number of aryl methyl sites for hydroxylation is 2. The topological polar surface area (TPSA) is 59.4 Å². The fourth-order valence-electron chi connectivity index (χ4n) is 3.42. The summed E-state index contributed by atoms with van der Waals surface area (Å²) in [6.45, 7) is 9.42. The van der Waals surface area contributed by atoms with Crippen molar-refractivity contribution in [1.29, 1.82) is 0 Å². The monoisotopic (exact) mass is 356 g/mol. The Morgan fingerprint density at radius 3 is 2.46 bits per heavy atom. The van der Waals surface area contributed by atoms with E-state index < -0.39 is 0 Å². The van der Waals surface area contributed by atoms with Gasteiger partial charge < -0.3 is 15.0 Å². The van der Waals surface area contributed by atoms with Crippen LogP contribution in [0.15, 0.2) is 24.3 Å². The second-order valence-electron chi connectivity index (χ2n) is 7.00. The molecule has 1 atom stereocenters. The van der Waals surface area contributed by atoms with Crippen molar-refractivity contribution in [3.8, 4) is 0 Å². The smallest absolute Gasteiger partial charge is 0.251 e. The van der Waals surface area contributed by atoms with Crippen LogP contribution in [0.3, 0.4) is 0 Å². The number of amides is 1. The molecule has 26 heavy (non-hydrogen) atoms. The molecule has 3 rings (SSSR count). The summed E-state index contributed by atoms with van der Waals surface area (Å²) >= 11 is 0. The Morgan fingerprint density at radius 2 is 1.88 bits per heavy atom. The minimum atomic E-state index is -0.0368. The van der Waals surface area contributed by atoms with E-state index >= 15 is 0 Å². The SMILES string of the molecule is Cc1nn(C)c(C)c1C[C@@H](C)NC(=O)c1ccc(N2CCOCC2)cc1. The summed E-state index contributed by atoms with van der Waals surface area (Å²) in [5, 5.41) is 7.54. The van der Waals surface area contributed by atoms with E-state index in [9.17, 15) is 4.79 Å². The number of morpholine rings is 1. The maximum atomic E-state index is 12.5. The molecule has 6 heteroatoms. The number of aromatic nitrogens is 2. The summed E-state index contributed by atoms with van der Waals surface area (Å²) < 4.78 is 7.27. The highest BCUT2D eigenvalue weighted by Crippen LogP contribution is 2.17. The first-order valence-corrected chi connectivity index (χ1v) is 9.18. The van der Waals surface area contributed by atoms with Crippen LogP contribution in [-0.2, 0) is 18.2 Å². The molecule has 0 aliphatic carbocycles. The Morgan fingerprint density at radius 1 is 1.23 bits per heavy atom. The number of hydrogen-bond donors (Lipinski definition) is 1. The van der Waals surface area contributed by atoms with Gasteiger partial charge in [0.2, 0.25) is 0 Å². The molecule has 1 aromatic carbocycles. The molecule has 0 unspecified atom stereocenters. The molecule has 2 heterocycles. The van der Waals surface area contributed by atoms with Gasteiger partial charge in [-0.15, -0.1) is 0 Å². The lowest BCUT2D eigenvalue weighted by Crippen LogP contribution is -2.36. The summed E-state index contributed by atoms with van der Waals surface area (Å²) in [6, 6.07) is 7.87. The van der Waals surface area contributed by atoms with Crippen LogP contribution >= 0.6 is 0 Å². The summed E-state index contributed by atoms with van der Waals surface area (Å²) in [5.74, 6) is -0.0368. The van der Waals surface area contributed by atoms with Gasteiger partial charge in [-0.2, -0.15) is 5.10 Å². The van der Waals surface area contributed by atoms with Gasteiger partial charge in [0.05, 0.1) is 18.9 Å². The molecule has 6 nitrogen and oxygen atoms in total. The quantitative estimate of drug-likeness (QED) is 0.893. The van der Waals surface area contributed by atoms with Gasteiger partial charge in [-0.3, -0.25) is 9.48 Å². The third-order valence-electron chi connectivity index (χ3n) is 5.05. The van der Waals surface area contributed by atoms with E-state index in [-0.39, 0.29) is 11.9 Å². The van der Waals surface area contributed by atoms with Crippen LogP contribution in [-0.4, -0.2) is 48.0 Å². The maximum Gasteiger partial charge on any atom is 0.251 e. The number of nitrogens with one attached hydrogen (secondary N) is 1. The minimum absolute atomic E-state index is 0.0368. The van der Waals surface area contributed by atoms with Crippen molar-refractivity contribution >= 4 is 11.6 Å². The molecule has 0 saturated carbocycles. The Kier molecular flexibility index (Phi) is 5.61. The molecule has 1 amide bonds. The van der Waals surface area contributed by atoms with Gasteiger partial charge >= 0.3 is 0 Å². The zero-order chi connectivity index (χ0) is 18.7. The molecule has 0 radical (unpaired) electrons. The van der Waals surface area contributed by atoms with Crippen LogP contribution in [0, 0.1) is 13.8 Å². The van der Waals surface area contributed by atoms with Crippen LogP contribution in [0.25, 0.3) is 0 Å². The Hall–Kier alpha value is -2.34. The first kappa shape index (κ1) is 18.5. The Balaban J connectivity index is 1.60. The summed E-state index contributed by atoms with van der Waals surface area (Å²) in [5.41, 5.74) is 5.22. The summed E-state index contributed by atoms with van der Waals surface area (Å²) in [6.07, 6.45) is 0.781. The van der Waals surface area contributed by atoms with E-state index in [1.165, 1.54) is 5.56 Å². The fourth-order valence-corrected chi connectivity index (χ4v) is 3.42. The average Bonchev–Trinajstić information content (AvgIpc) is 2.88. The molecule has 1 fully saturated rings. The van der Waals surface area contributed by atoms with E-state index in [4.69, 9.17) is 4.74 Å². The highest BCUT2D eigenvalue weighted by atomic mass is 16.5.